The van der Waals surface area contributed by atoms with E-state index < -0.39 is 23.3 Å². The Morgan fingerprint density at radius 3 is 2.64 bits per heavy atom. The molecule has 1 N–H and O–H groups in total. The Morgan fingerprint density at radius 1 is 1.32 bits per heavy atom. The molecule has 2 fully saturated rings. The number of carbonyl (C=O) groups excluding carboxylic acids is 1. The molecule has 2 aliphatic heterocycles. The topological polar surface area (TPSA) is 56.4 Å². The second-order valence-corrected chi connectivity index (χ2v) is 5.92. The lowest BCUT2D eigenvalue weighted by atomic mass is 10.1. The van der Waals surface area contributed by atoms with Gasteiger partial charge in [0.1, 0.15) is 11.3 Å². The smallest absolute Gasteiger partial charge is 0.337 e. The molecule has 22 heavy (non-hydrogen) atoms. The number of fused-ring (bicyclic) bond motifs is 1. The summed E-state index contributed by atoms with van der Waals surface area (Å²) in [6, 6.07) is 1.97. The largest absolute Gasteiger partial charge is 0.431 e. The van der Waals surface area contributed by atoms with Crippen molar-refractivity contribution in [2.75, 3.05) is 26.7 Å². The number of hydrogen-bond acceptors (Lipinski definition) is 3. The lowest BCUT2D eigenvalue weighted by Gasteiger charge is -2.20. The first-order valence-electron chi connectivity index (χ1n) is 7.07. The molecule has 2 saturated heterocycles. The number of amides is 1. The zero-order valence-corrected chi connectivity index (χ0v) is 12.0. The zero-order chi connectivity index (χ0) is 16.1. The molecule has 0 radical (unpaired) electrons. The molecule has 120 valence electrons. The minimum atomic E-state index is -4.63. The van der Waals surface area contributed by atoms with Gasteiger partial charge < -0.3 is 14.8 Å². The van der Waals surface area contributed by atoms with E-state index in [1.807, 2.05) is 7.05 Å². The lowest BCUT2D eigenvalue weighted by Crippen LogP contribution is -2.37. The Kier molecular flexibility index (Phi) is 3.51. The summed E-state index contributed by atoms with van der Waals surface area (Å²) < 4.78 is 37.6. The molecule has 0 saturated carbocycles. The highest BCUT2D eigenvalue weighted by Crippen LogP contribution is 2.31. The summed E-state index contributed by atoms with van der Waals surface area (Å²) in [4.78, 5) is 29.6. The van der Waals surface area contributed by atoms with Crippen LogP contribution in [0.3, 0.4) is 0 Å². The number of carbonyl (C=O) groups is 1. The minimum Gasteiger partial charge on any atom is -0.337 e. The van der Waals surface area contributed by atoms with Gasteiger partial charge in [0.25, 0.3) is 11.5 Å². The highest BCUT2D eigenvalue weighted by Gasteiger charge is 2.42. The Hall–Kier alpha value is -1.83. The number of likely N-dealkylation sites (N-methyl/N-ethyl adjacent to an activating group) is 1. The van der Waals surface area contributed by atoms with Crippen molar-refractivity contribution < 1.29 is 18.0 Å². The van der Waals surface area contributed by atoms with Crippen LogP contribution in [0.15, 0.2) is 16.9 Å². The zero-order valence-electron chi connectivity index (χ0n) is 12.0. The third kappa shape index (κ3) is 2.51. The van der Waals surface area contributed by atoms with Crippen LogP contribution in [-0.2, 0) is 6.18 Å². The normalized spacial score (nSPS) is 25.5. The molecular weight excluding hydrogens is 299 g/mol. The van der Waals surface area contributed by atoms with Gasteiger partial charge >= 0.3 is 6.18 Å². The van der Waals surface area contributed by atoms with Crippen LogP contribution >= 0.6 is 0 Å². The van der Waals surface area contributed by atoms with Crippen LogP contribution in [0.25, 0.3) is 0 Å². The number of halogens is 3. The Balaban J connectivity index is 1.80. The molecule has 2 atom stereocenters. The second-order valence-electron chi connectivity index (χ2n) is 5.92. The summed E-state index contributed by atoms with van der Waals surface area (Å²) in [5.74, 6) is -0.125. The number of aromatic nitrogens is 1. The molecule has 3 heterocycles. The second kappa shape index (κ2) is 5.12. The van der Waals surface area contributed by atoms with Gasteiger partial charge in [0.05, 0.1) is 0 Å². The van der Waals surface area contributed by atoms with Crippen molar-refractivity contribution in [1.29, 1.82) is 0 Å². The van der Waals surface area contributed by atoms with Crippen molar-refractivity contribution >= 4 is 5.91 Å². The van der Waals surface area contributed by atoms with Crippen LogP contribution in [0.2, 0.25) is 0 Å². The third-order valence-electron chi connectivity index (χ3n) is 4.56. The van der Waals surface area contributed by atoms with Crippen LogP contribution in [-0.4, -0.2) is 53.4 Å². The summed E-state index contributed by atoms with van der Waals surface area (Å²) in [6.45, 7) is 2.05. The SMILES string of the molecule is CN1CC[C@@H]2CN(C(=O)c3ccc(C(F)(F)F)[nH]c3=O)C[C@@H]21. The van der Waals surface area contributed by atoms with Gasteiger partial charge in [0.2, 0.25) is 0 Å². The number of rotatable bonds is 1. The maximum absolute atomic E-state index is 12.5. The summed E-state index contributed by atoms with van der Waals surface area (Å²) in [5, 5.41) is 0. The number of alkyl halides is 3. The summed E-state index contributed by atoms with van der Waals surface area (Å²) >= 11 is 0. The van der Waals surface area contributed by atoms with E-state index in [4.69, 9.17) is 0 Å². The number of pyridine rings is 1. The van der Waals surface area contributed by atoms with Gasteiger partial charge in [-0.15, -0.1) is 0 Å². The molecule has 0 aliphatic carbocycles. The first kappa shape index (κ1) is 15.1. The number of hydrogen-bond donors (Lipinski definition) is 1. The summed E-state index contributed by atoms with van der Waals surface area (Å²) in [6.07, 6.45) is -3.64. The fourth-order valence-corrected chi connectivity index (χ4v) is 3.32. The standard InChI is InChI=1S/C14H16F3N3O2/c1-19-5-4-8-6-20(7-10(8)19)13(22)9-2-3-11(14(15,16)17)18-12(9)21/h2-3,8,10H,4-7H2,1H3,(H,18,21)/t8-,10+/m1/s1. The molecule has 1 aromatic heterocycles. The maximum Gasteiger partial charge on any atom is 0.431 e. The van der Waals surface area contributed by atoms with Crippen molar-refractivity contribution in [1.82, 2.24) is 14.8 Å². The Bertz CT molecular complexity index is 655. The Labute approximate surface area is 124 Å². The molecular formula is C14H16F3N3O2. The third-order valence-corrected chi connectivity index (χ3v) is 4.56. The van der Waals surface area contributed by atoms with Crippen LogP contribution in [0.1, 0.15) is 22.5 Å². The van der Waals surface area contributed by atoms with Gasteiger partial charge in [-0.25, -0.2) is 0 Å². The molecule has 3 rings (SSSR count). The number of nitrogens with one attached hydrogen (secondary N) is 1. The van der Waals surface area contributed by atoms with Crippen molar-refractivity contribution in [3.8, 4) is 0 Å². The molecule has 0 unspecified atom stereocenters. The van der Waals surface area contributed by atoms with Crippen LogP contribution in [0.4, 0.5) is 13.2 Å². The van der Waals surface area contributed by atoms with E-state index >= 15 is 0 Å². The van der Waals surface area contributed by atoms with Crippen molar-refractivity contribution in [3.63, 3.8) is 0 Å². The highest BCUT2D eigenvalue weighted by molar-refractivity contribution is 5.94. The average molecular weight is 315 g/mol. The van der Waals surface area contributed by atoms with Crippen molar-refractivity contribution in [3.05, 3.63) is 33.7 Å². The van der Waals surface area contributed by atoms with Crippen molar-refractivity contribution in [2.45, 2.75) is 18.6 Å². The molecule has 8 heteroatoms. The van der Waals surface area contributed by atoms with Gasteiger partial charge in [-0.05, 0) is 38.1 Å². The molecule has 1 aromatic rings. The number of nitrogens with zero attached hydrogens (tertiary/aromatic N) is 2. The first-order chi connectivity index (χ1) is 10.3. The fourth-order valence-electron chi connectivity index (χ4n) is 3.32. The molecule has 0 spiro atoms. The molecule has 0 aromatic carbocycles. The fraction of sp³-hybridized carbons (Fsp3) is 0.571. The van der Waals surface area contributed by atoms with Gasteiger partial charge in [0.15, 0.2) is 0 Å². The highest BCUT2D eigenvalue weighted by atomic mass is 19.4. The van der Waals surface area contributed by atoms with E-state index in [0.717, 1.165) is 25.1 Å². The first-order valence-corrected chi connectivity index (χ1v) is 7.07. The van der Waals surface area contributed by atoms with Crippen LogP contribution in [0.5, 0.6) is 0 Å². The van der Waals surface area contributed by atoms with E-state index in [0.29, 0.717) is 19.0 Å². The van der Waals surface area contributed by atoms with E-state index in [2.05, 4.69) is 4.90 Å². The molecule has 0 bridgehead atoms. The monoisotopic (exact) mass is 315 g/mol. The number of likely N-dealkylation sites (tertiary alicyclic amines) is 2. The summed E-state index contributed by atoms with van der Waals surface area (Å²) in [5.41, 5.74) is -2.38. The number of aromatic amines is 1. The van der Waals surface area contributed by atoms with Gasteiger partial charge in [0, 0.05) is 19.1 Å². The predicted octanol–water partition coefficient (Wildman–Crippen LogP) is 1.17. The summed E-state index contributed by atoms with van der Waals surface area (Å²) in [7, 11) is 1.99. The van der Waals surface area contributed by atoms with Crippen molar-refractivity contribution in [2.24, 2.45) is 5.92 Å². The minimum absolute atomic E-state index is 0.240. The van der Waals surface area contributed by atoms with E-state index in [-0.39, 0.29) is 11.6 Å². The lowest BCUT2D eigenvalue weighted by molar-refractivity contribution is -0.141. The van der Waals surface area contributed by atoms with Crippen LogP contribution < -0.4 is 5.56 Å². The maximum atomic E-state index is 12.5. The average Bonchev–Trinajstić information content (AvgIpc) is 3.00. The van der Waals surface area contributed by atoms with E-state index in [1.54, 1.807) is 9.88 Å². The quantitative estimate of drug-likeness (QED) is 0.846. The molecule has 2 aliphatic rings. The van der Waals surface area contributed by atoms with Gasteiger partial charge in [-0.2, -0.15) is 13.2 Å². The van der Waals surface area contributed by atoms with Gasteiger partial charge in [-0.1, -0.05) is 0 Å². The predicted molar refractivity (Wildman–Crippen MR) is 72.5 cm³/mol. The van der Waals surface area contributed by atoms with Gasteiger partial charge in [-0.3, -0.25) is 9.59 Å². The molecule has 5 nitrogen and oxygen atoms in total. The van der Waals surface area contributed by atoms with Crippen LogP contribution in [0, 0.1) is 5.92 Å². The van der Waals surface area contributed by atoms with E-state index in [1.165, 1.54) is 0 Å². The Morgan fingerprint density at radius 2 is 2.05 bits per heavy atom. The molecule has 1 amide bonds. The number of H-pyrrole nitrogens is 1. The van der Waals surface area contributed by atoms with E-state index in [9.17, 15) is 22.8 Å².